The molecule has 0 saturated heterocycles. The molecule has 0 bridgehead atoms. The van der Waals surface area contributed by atoms with Gasteiger partial charge in [-0.05, 0) is 31.9 Å². The van der Waals surface area contributed by atoms with E-state index in [2.05, 4.69) is 10.5 Å². The Balaban J connectivity index is 2.42. The van der Waals surface area contributed by atoms with E-state index in [-0.39, 0.29) is 17.8 Å². The molecular weight excluding hydrogens is 246 g/mol. The molecule has 2 unspecified atom stereocenters. The van der Waals surface area contributed by atoms with Crippen LogP contribution in [0.1, 0.15) is 32.4 Å². The lowest BCUT2D eigenvalue weighted by molar-refractivity contribution is -0.123. The Labute approximate surface area is 112 Å². The fourth-order valence-corrected chi connectivity index (χ4v) is 1.83. The van der Waals surface area contributed by atoms with Crippen LogP contribution in [0.4, 0.5) is 0 Å². The first kappa shape index (κ1) is 15.1. The Morgan fingerprint density at radius 1 is 1.63 bits per heavy atom. The van der Waals surface area contributed by atoms with Gasteiger partial charge in [-0.2, -0.15) is 0 Å². The molecule has 19 heavy (non-hydrogen) atoms. The van der Waals surface area contributed by atoms with Gasteiger partial charge in [-0.25, -0.2) is 0 Å². The third kappa shape index (κ3) is 4.65. The zero-order valence-corrected chi connectivity index (χ0v) is 11.3. The zero-order chi connectivity index (χ0) is 14.3. The second-order valence-corrected chi connectivity index (χ2v) is 4.51. The van der Waals surface area contributed by atoms with Crippen LogP contribution >= 0.6 is 0 Å². The highest BCUT2D eigenvalue weighted by molar-refractivity contribution is 6.02. The molecule has 106 valence electrons. The fraction of sp³-hybridized carbons (Fsp3) is 0.538. The third-order valence-corrected chi connectivity index (χ3v) is 2.99. The number of nitrogens with one attached hydrogen (secondary N) is 1. The number of carbonyl (C=O) groups is 1. The maximum Gasteiger partial charge on any atom is 0.231 e. The number of hydrogen-bond donors (Lipinski definition) is 3. The van der Waals surface area contributed by atoms with Gasteiger partial charge < -0.3 is 20.7 Å². The van der Waals surface area contributed by atoms with E-state index in [1.54, 1.807) is 6.26 Å². The smallest absolute Gasteiger partial charge is 0.231 e. The van der Waals surface area contributed by atoms with Gasteiger partial charge in [0, 0.05) is 12.5 Å². The summed E-state index contributed by atoms with van der Waals surface area (Å²) in [5, 5.41) is 14.4. The molecule has 0 aliphatic heterocycles. The summed E-state index contributed by atoms with van der Waals surface area (Å²) in [6.07, 6.45) is 3.65. The third-order valence-electron chi connectivity index (χ3n) is 2.99. The molecule has 4 N–H and O–H groups in total. The molecule has 0 saturated carbocycles. The second kappa shape index (κ2) is 7.45. The summed E-state index contributed by atoms with van der Waals surface area (Å²) >= 11 is 0. The van der Waals surface area contributed by atoms with E-state index in [1.165, 1.54) is 0 Å². The number of amidine groups is 1. The number of oxime groups is 1. The van der Waals surface area contributed by atoms with Crippen molar-refractivity contribution in [2.75, 3.05) is 0 Å². The number of carbonyl (C=O) groups excluding carboxylic acids is 1. The number of hydrogen-bond acceptors (Lipinski definition) is 4. The predicted octanol–water partition coefficient (Wildman–Crippen LogP) is 1.49. The van der Waals surface area contributed by atoms with Gasteiger partial charge in [0.25, 0.3) is 0 Å². The monoisotopic (exact) mass is 267 g/mol. The Morgan fingerprint density at radius 3 is 2.89 bits per heavy atom. The highest BCUT2D eigenvalue weighted by Crippen LogP contribution is 2.08. The average Bonchev–Trinajstić information content (AvgIpc) is 2.90. The summed E-state index contributed by atoms with van der Waals surface area (Å²) < 4.78 is 5.23. The van der Waals surface area contributed by atoms with Crippen LogP contribution in [0.5, 0.6) is 0 Å². The number of nitrogens with zero attached hydrogens (tertiary/aromatic N) is 1. The minimum Gasteiger partial charge on any atom is -0.469 e. The number of furan rings is 1. The van der Waals surface area contributed by atoms with Gasteiger partial charge in [0.2, 0.25) is 5.91 Å². The van der Waals surface area contributed by atoms with Crippen LogP contribution in [0.25, 0.3) is 0 Å². The van der Waals surface area contributed by atoms with Crippen molar-refractivity contribution in [3.05, 3.63) is 24.2 Å². The first-order chi connectivity index (χ1) is 9.08. The van der Waals surface area contributed by atoms with Crippen LogP contribution in [-0.2, 0) is 11.2 Å². The van der Waals surface area contributed by atoms with E-state index in [0.29, 0.717) is 6.42 Å². The van der Waals surface area contributed by atoms with Crippen molar-refractivity contribution >= 4 is 11.7 Å². The van der Waals surface area contributed by atoms with Crippen LogP contribution in [-0.4, -0.2) is 23.0 Å². The van der Waals surface area contributed by atoms with Crippen molar-refractivity contribution in [2.24, 2.45) is 16.8 Å². The maximum atomic E-state index is 11.9. The van der Waals surface area contributed by atoms with Crippen molar-refractivity contribution in [3.63, 3.8) is 0 Å². The molecule has 1 aromatic rings. The first-order valence-corrected chi connectivity index (χ1v) is 6.38. The molecule has 6 heteroatoms. The topological polar surface area (TPSA) is 101 Å². The quantitative estimate of drug-likeness (QED) is 0.301. The normalized spacial score (nSPS) is 14.9. The number of amides is 1. The van der Waals surface area contributed by atoms with Gasteiger partial charge in [0.1, 0.15) is 5.76 Å². The summed E-state index contributed by atoms with van der Waals surface area (Å²) in [7, 11) is 0. The van der Waals surface area contributed by atoms with Crippen molar-refractivity contribution < 1.29 is 14.4 Å². The lowest BCUT2D eigenvalue weighted by Crippen LogP contribution is -2.42. The van der Waals surface area contributed by atoms with Crippen LogP contribution in [0.3, 0.4) is 0 Å². The van der Waals surface area contributed by atoms with Crippen molar-refractivity contribution in [3.8, 4) is 0 Å². The number of aryl methyl sites for hydroxylation is 1. The predicted molar refractivity (Wildman–Crippen MR) is 71.8 cm³/mol. The Morgan fingerprint density at radius 2 is 2.37 bits per heavy atom. The summed E-state index contributed by atoms with van der Waals surface area (Å²) in [5.41, 5.74) is 5.48. The molecule has 1 heterocycles. The van der Waals surface area contributed by atoms with E-state index in [1.807, 2.05) is 26.0 Å². The SMILES string of the molecule is CCC(C(=O)NC(C)CCc1ccco1)C(N)=NO. The Bertz CT molecular complexity index is 415. The van der Waals surface area contributed by atoms with Gasteiger partial charge in [-0.15, -0.1) is 0 Å². The summed E-state index contributed by atoms with van der Waals surface area (Å²) in [5.74, 6) is 0.0311. The van der Waals surface area contributed by atoms with Crippen LogP contribution in [0, 0.1) is 5.92 Å². The Hall–Kier alpha value is -1.98. The van der Waals surface area contributed by atoms with E-state index in [4.69, 9.17) is 15.4 Å². The highest BCUT2D eigenvalue weighted by atomic mass is 16.4. The van der Waals surface area contributed by atoms with E-state index in [0.717, 1.165) is 18.6 Å². The standard InChI is InChI=1S/C13H21N3O3/c1-3-11(12(14)16-18)13(17)15-9(2)6-7-10-5-4-8-19-10/h4-5,8-9,11,18H,3,6-7H2,1-2H3,(H2,14,16)(H,15,17). The summed E-state index contributed by atoms with van der Waals surface area (Å²) in [6, 6.07) is 3.74. The van der Waals surface area contributed by atoms with Gasteiger partial charge in [0.15, 0.2) is 5.84 Å². The number of nitrogens with two attached hydrogens (primary N) is 1. The molecule has 0 aromatic carbocycles. The van der Waals surface area contributed by atoms with Gasteiger partial charge in [-0.1, -0.05) is 12.1 Å². The molecule has 6 nitrogen and oxygen atoms in total. The molecule has 1 aromatic heterocycles. The molecule has 0 radical (unpaired) electrons. The minimum atomic E-state index is -0.587. The molecule has 0 aliphatic carbocycles. The molecule has 0 fully saturated rings. The van der Waals surface area contributed by atoms with Crippen LogP contribution in [0.2, 0.25) is 0 Å². The number of rotatable bonds is 7. The van der Waals surface area contributed by atoms with Crippen molar-refractivity contribution in [1.82, 2.24) is 5.32 Å². The van der Waals surface area contributed by atoms with Crippen LogP contribution in [0.15, 0.2) is 28.0 Å². The molecular formula is C13H21N3O3. The largest absolute Gasteiger partial charge is 0.469 e. The van der Waals surface area contributed by atoms with Crippen molar-refractivity contribution in [1.29, 1.82) is 0 Å². The molecule has 0 aliphatic rings. The molecule has 1 rings (SSSR count). The molecule has 1 amide bonds. The molecule has 0 spiro atoms. The summed E-state index contributed by atoms with van der Waals surface area (Å²) in [4.78, 5) is 11.9. The van der Waals surface area contributed by atoms with Crippen LogP contribution < -0.4 is 11.1 Å². The average molecular weight is 267 g/mol. The fourth-order valence-electron chi connectivity index (χ4n) is 1.83. The second-order valence-electron chi connectivity index (χ2n) is 4.51. The maximum absolute atomic E-state index is 11.9. The minimum absolute atomic E-state index is 0.00172. The first-order valence-electron chi connectivity index (χ1n) is 6.38. The lowest BCUT2D eigenvalue weighted by Gasteiger charge is -2.18. The highest BCUT2D eigenvalue weighted by Gasteiger charge is 2.22. The van der Waals surface area contributed by atoms with E-state index >= 15 is 0 Å². The van der Waals surface area contributed by atoms with Crippen molar-refractivity contribution in [2.45, 2.75) is 39.2 Å². The van der Waals surface area contributed by atoms with E-state index < -0.39 is 5.92 Å². The van der Waals surface area contributed by atoms with Gasteiger partial charge in [-0.3, -0.25) is 4.79 Å². The summed E-state index contributed by atoms with van der Waals surface area (Å²) in [6.45, 7) is 3.73. The zero-order valence-electron chi connectivity index (χ0n) is 11.3. The van der Waals surface area contributed by atoms with Gasteiger partial charge >= 0.3 is 0 Å². The Kier molecular flexibility index (Phi) is 5.92. The lowest BCUT2D eigenvalue weighted by atomic mass is 10.0. The molecule has 2 atom stereocenters. The van der Waals surface area contributed by atoms with Gasteiger partial charge in [0.05, 0.1) is 12.2 Å². The van der Waals surface area contributed by atoms with E-state index in [9.17, 15) is 4.79 Å².